The zero-order valence-corrected chi connectivity index (χ0v) is 34.3. The molecule has 13 rings (SSSR count). The van der Waals surface area contributed by atoms with E-state index in [1.165, 1.54) is 54.9 Å². The fraction of sp³-hybridized carbons (Fsp3) is 0.0508. The van der Waals surface area contributed by atoms with Crippen LogP contribution >= 0.6 is 0 Å². The second kappa shape index (κ2) is 13.1. The first kappa shape index (κ1) is 34.9. The van der Waals surface area contributed by atoms with E-state index in [4.69, 9.17) is 8.83 Å². The summed E-state index contributed by atoms with van der Waals surface area (Å²) in [4.78, 5) is 2.38. The number of fused-ring (bicyclic) bond motifs is 12. The van der Waals surface area contributed by atoms with Gasteiger partial charge in [0, 0.05) is 55.7 Å². The molecule has 0 N–H and O–H groups in total. The number of nitrogens with zero attached hydrogens (tertiary/aromatic N) is 1. The Bertz CT molecular complexity index is 3790. The first-order valence-corrected chi connectivity index (χ1v) is 21.4. The molecule has 62 heavy (non-hydrogen) atoms. The van der Waals surface area contributed by atoms with Gasteiger partial charge in [0.25, 0.3) is 0 Å². The van der Waals surface area contributed by atoms with Crippen molar-refractivity contribution < 1.29 is 8.83 Å². The Kier molecular flexibility index (Phi) is 7.36. The van der Waals surface area contributed by atoms with Crippen LogP contribution in [0, 0.1) is 0 Å². The largest absolute Gasteiger partial charge is 0.456 e. The molecule has 3 heteroatoms. The van der Waals surface area contributed by atoms with E-state index in [0.29, 0.717) is 0 Å². The molecule has 0 radical (unpaired) electrons. The minimum atomic E-state index is -0.139. The maximum atomic E-state index is 6.56. The monoisotopic (exact) mass is 793 g/mol. The highest BCUT2D eigenvalue weighted by atomic mass is 16.3. The van der Waals surface area contributed by atoms with Crippen molar-refractivity contribution >= 4 is 82.5 Å². The number of benzene rings is 10. The third-order valence-corrected chi connectivity index (χ3v) is 13.5. The van der Waals surface area contributed by atoms with Crippen molar-refractivity contribution in [1.82, 2.24) is 0 Å². The Morgan fingerprint density at radius 1 is 0.355 bits per heavy atom. The van der Waals surface area contributed by atoms with Crippen molar-refractivity contribution in [1.29, 1.82) is 0 Å². The van der Waals surface area contributed by atoms with Crippen molar-refractivity contribution in [2.75, 3.05) is 4.90 Å². The molecule has 0 unspecified atom stereocenters. The van der Waals surface area contributed by atoms with Gasteiger partial charge in [0.1, 0.15) is 22.3 Å². The Morgan fingerprint density at radius 2 is 0.935 bits per heavy atom. The van der Waals surface area contributed by atoms with Crippen LogP contribution < -0.4 is 4.90 Å². The Morgan fingerprint density at radius 3 is 1.77 bits per heavy atom. The van der Waals surface area contributed by atoms with E-state index >= 15 is 0 Å². The topological polar surface area (TPSA) is 29.5 Å². The maximum Gasteiger partial charge on any atom is 0.137 e. The molecule has 0 atom stereocenters. The Balaban J connectivity index is 1.02. The van der Waals surface area contributed by atoms with E-state index < -0.39 is 0 Å². The summed E-state index contributed by atoms with van der Waals surface area (Å²) in [6.45, 7) is 4.69. The van der Waals surface area contributed by atoms with Crippen LogP contribution in [0.25, 0.3) is 98.8 Å². The fourth-order valence-corrected chi connectivity index (χ4v) is 10.5. The second-order valence-electron chi connectivity index (χ2n) is 17.2. The van der Waals surface area contributed by atoms with Crippen molar-refractivity contribution in [2.24, 2.45) is 0 Å². The molecule has 2 heterocycles. The SMILES string of the molecule is CC1(C)c2ccccc2-c2ccc(N(c3ccc(-c4ccc5oc6ccccc6c5c4-c4cc5ccccc5c5ccccc45)cc3)c3ccc4c(c3)oc3ccccc34)cc21. The molecule has 0 saturated heterocycles. The van der Waals surface area contributed by atoms with Crippen molar-refractivity contribution in [3.63, 3.8) is 0 Å². The number of hydrogen-bond acceptors (Lipinski definition) is 3. The van der Waals surface area contributed by atoms with E-state index in [1.807, 2.05) is 18.2 Å². The highest BCUT2D eigenvalue weighted by Gasteiger charge is 2.36. The smallest absolute Gasteiger partial charge is 0.137 e. The zero-order valence-electron chi connectivity index (χ0n) is 34.3. The highest BCUT2D eigenvalue weighted by Crippen LogP contribution is 2.52. The predicted molar refractivity (Wildman–Crippen MR) is 259 cm³/mol. The first-order valence-electron chi connectivity index (χ1n) is 21.4. The van der Waals surface area contributed by atoms with Gasteiger partial charge in [-0.25, -0.2) is 0 Å². The summed E-state index contributed by atoms with van der Waals surface area (Å²) in [6, 6.07) is 72.5. The average Bonchev–Trinajstić information content (AvgIpc) is 3.96. The maximum absolute atomic E-state index is 6.56. The molecule has 1 aliphatic carbocycles. The van der Waals surface area contributed by atoms with Crippen LogP contribution in [0.4, 0.5) is 17.1 Å². The van der Waals surface area contributed by atoms with E-state index in [-0.39, 0.29) is 5.41 Å². The lowest BCUT2D eigenvalue weighted by Crippen LogP contribution is -2.16. The lowest BCUT2D eigenvalue weighted by molar-refractivity contribution is 0.660. The van der Waals surface area contributed by atoms with Crippen LogP contribution in [0.2, 0.25) is 0 Å². The minimum Gasteiger partial charge on any atom is -0.456 e. The molecular weight excluding hydrogens is 755 g/mol. The summed E-state index contributed by atoms with van der Waals surface area (Å²) < 4.78 is 13.0. The molecule has 2 aromatic heterocycles. The third-order valence-electron chi connectivity index (χ3n) is 13.5. The van der Waals surface area contributed by atoms with E-state index in [1.54, 1.807) is 0 Å². The average molecular weight is 794 g/mol. The molecule has 0 spiro atoms. The van der Waals surface area contributed by atoms with Crippen LogP contribution in [-0.2, 0) is 5.41 Å². The van der Waals surface area contributed by atoms with Gasteiger partial charge in [-0.05, 0) is 121 Å². The lowest BCUT2D eigenvalue weighted by Gasteiger charge is -2.28. The molecule has 0 fully saturated rings. The van der Waals surface area contributed by atoms with Crippen molar-refractivity contribution in [2.45, 2.75) is 19.3 Å². The summed E-state index contributed by atoms with van der Waals surface area (Å²) >= 11 is 0. The van der Waals surface area contributed by atoms with Gasteiger partial charge in [0.15, 0.2) is 0 Å². The van der Waals surface area contributed by atoms with Gasteiger partial charge in [-0.2, -0.15) is 0 Å². The van der Waals surface area contributed by atoms with Gasteiger partial charge in [0.2, 0.25) is 0 Å². The molecule has 1 aliphatic rings. The van der Waals surface area contributed by atoms with E-state index in [9.17, 15) is 0 Å². The number of anilines is 3. The summed E-state index contributed by atoms with van der Waals surface area (Å²) in [6.07, 6.45) is 0. The Hall–Kier alpha value is -7.88. The minimum absolute atomic E-state index is 0.139. The molecule has 0 bridgehead atoms. The van der Waals surface area contributed by atoms with E-state index in [0.717, 1.165) is 72.1 Å². The van der Waals surface area contributed by atoms with Gasteiger partial charge < -0.3 is 13.7 Å². The summed E-state index contributed by atoms with van der Waals surface area (Å²) in [7, 11) is 0. The normalized spacial score (nSPS) is 13.1. The van der Waals surface area contributed by atoms with Crippen molar-refractivity contribution in [3.05, 3.63) is 211 Å². The van der Waals surface area contributed by atoms with Crippen LogP contribution in [0.3, 0.4) is 0 Å². The second-order valence-corrected chi connectivity index (χ2v) is 17.2. The molecule has 0 saturated carbocycles. The lowest BCUT2D eigenvalue weighted by atomic mass is 9.82. The quantitative estimate of drug-likeness (QED) is 0.163. The number of rotatable bonds is 5. The summed E-state index contributed by atoms with van der Waals surface area (Å²) in [5.41, 5.74) is 16.6. The fourth-order valence-electron chi connectivity index (χ4n) is 10.5. The molecule has 10 aromatic carbocycles. The van der Waals surface area contributed by atoms with Gasteiger partial charge in [-0.3, -0.25) is 0 Å². The summed E-state index contributed by atoms with van der Waals surface area (Å²) in [5.74, 6) is 0. The number of hydrogen-bond donors (Lipinski definition) is 0. The van der Waals surface area contributed by atoms with Crippen LogP contribution in [-0.4, -0.2) is 0 Å². The van der Waals surface area contributed by atoms with Crippen LogP contribution in [0.1, 0.15) is 25.0 Å². The Labute approximate surface area is 358 Å². The van der Waals surface area contributed by atoms with Gasteiger partial charge in [-0.1, -0.05) is 147 Å². The number of para-hydroxylation sites is 2. The van der Waals surface area contributed by atoms with Crippen molar-refractivity contribution in [3.8, 4) is 33.4 Å². The molecular formula is C59H39NO2. The van der Waals surface area contributed by atoms with Gasteiger partial charge >= 0.3 is 0 Å². The van der Waals surface area contributed by atoms with Crippen LogP contribution in [0.5, 0.6) is 0 Å². The molecule has 0 aliphatic heterocycles. The predicted octanol–water partition coefficient (Wildman–Crippen LogP) is 16.9. The zero-order chi connectivity index (χ0) is 41.1. The summed E-state index contributed by atoms with van der Waals surface area (Å²) in [5, 5.41) is 9.40. The van der Waals surface area contributed by atoms with Gasteiger partial charge in [0.05, 0.1) is 0 Å². The first-order chi connectivity index (χ1) is 30.5. The standard InChI is InChI=1S/C59H39NO2/c1-59(2)51-20-10-7-17-45(51)46-29-27-39(34-52(46)59)60(40-28-30-48-47-18-8-11-21-53(47)62-56(48)35-40)38-25-23-36(24-26-38)42-31-32-55-58(49-19-9-12-22-54(49)61-55)57(42)50-33-37-13-3-4-14-41(37)43-15-5-6-16-44(43)50/h3-35H,1-2H3. The molecule has 0 amide bonds. The highest BCUT2D eigenvalue weighted by molar-refractivity contribution is 6.22. The molecule has 3 nitrogen and oxygen atoms in total. The third kappa shape index (κ3) is 5.06. The van der Waals surface area contributed by atoms with E-state index in [2.05, 4.69) is 201 Å². The molecule has 292 valence electrons. The number of furan rings is 2. The molecule has 12 aromatic rings. The van der Waals surface area contributed by atoms with Crippen LogP contribution in [0.15, 0.2) is 209 Å². The van der Waals surface area contributed by atoms with Gasteiger partial charge in [-0.15, -0.1) is 0 Å².